The number of hydrogen-bond donors (Lipinski definition) is 0. The molecule has 1 rings (SSSR count). The molecular formula is C8H8ClI. The molecule has 0 saturated heterocycles. The van der Waals surface area contributed by atoms with Crippen LogP contribution in [-0.2, 0) is 0 Å². The summed E-state index contributed by atoms with van der Waals surface area (Å²) >= 11 is 8.24. The highest BCUT2D eigenvalue weighted by Crippen LogP contribution is 2.22. The van der Waals surface area contributed by atoms with E-state index in [4.69, 9.17) is 11.6 Å². The van der Waals surface area contributed by atoms with Crippen molar-refractivity contribution >= 4 is 34.2 Å². The van der Waals surface area contributed by atoms with Crippen molar-refractivity contribution in [3.05, 3.63) is 31.9 Å². The van der Waals surface area contributed by atoms with Crippen molar-refractivity contribution in [2.24, 2.45) is 0 Å². The van der Waals surface area contributed by atoms with Crippen LogP contribution in [0, 0.1) is 17.4 Å². The van der Waals surface area contributed by atoms with Crippen LogP contribution in [0.15, 0.2) is 12.1 Å². The van der Waals surface area contributed by atoms with Crippen LogP contribution in [-0.4, -0.2) is 0 Å². The largest absolute Gasteiger partial charge is 0.0838 e. The fourth-order valence-corrected chi connectivity index (χ4v) is 1.94. The van der Waals surface area contributed by atoms with Gasteiger partial charge in [-0.15, -0.1) is 0 Å². The molecule has 54 valence electrons. The normalized spacial score (nSPS) is 10.0. The Balaban J connectivity index is 3.31. The smallest absolute Gasteiger partial charge is 0.0465 e. The molecule has 1 aromatic rings. The Morgan fingerprint density at radius 2 is 1.60 bits per heavy atom. The summed E-state index contributed by atoms with van der Waals surface area (Å²) in [6.07, 6.45) is 0. The molecule has 0 fully saturated rings. The van der Waals surface area contributed by atoms with Crippen molar-refractivity contribution in [3.8, 4) is 0 Å². The van der Waals surface area contributed by atoms with Gasteiger partial charge in [0.25, 0.3) is 0 Å². The molecule has 0 spiro atoms. The summed E-state index contributed by atoms with van der Waals surface area (Å²) < 4.78 is 1.25. The van der Waals surface area contributed by atoms with Crippen LogP contribution in [0.1, 0.15) is 11.1 Å². The maximum Gasteiger partial charge on any atom is 0.0465 e. The third-order valence-corrected chi connectivity index (χ3v) is 2.62. The van der Waals surface area contributed by atoms with Crippen molar-refractivity contribution in [3.63, 3.8) is 0 Å². The van der Waals surface area contributed by atoms with Crippen molar-refractivity contribution in [2.75, 3.05) is 0 Å². The first-order valence-electron chi connectivity index (χ1n) is 3.03. The van der Waals surface area contributed by atoms with Crippen molar-refractivity contribution in [2.45, 2.75) is 13.8 Å². The maximum absolute atomic E-state index is 5.95. The molecule has 0 aliphatic heterocycles. The standard InChI is InChI=1S/C8H8ClI/c1-5-3-7(10)4-6(2)8(5)9/h3-4H,1-2H3. The molecule has 1 aromatic carbocycles. The van der Waals surface area contributed by atoms with E-state index in [1.54, 1.807) is 0 Å². The summed E-state index contributed by atoms with van der Waals surface area (Å²) in [4.78, 5) is 0. The van der Waals surface area contributed by atoms with Crippen molar-refractivity contribution in [1.29, 1.82) is 0 Å². The van der Waals surface area contributed by atoms with E-state index in [1.807, 2.05) is 13.8 Å². The Morgan fingerprint density at radius 1 is 1.20 bits per heavy atom. The minimum Gasteiger partial charge on any atom is -0.0838 e. The molecule has 10 heavy (non-hydrogen) atoms. The third-order valence-electron chi connectivity index (χ3n) is 1.40. The first kappa shape index (κ1) is 8.34. The van der Waals surface area contributed by atoms with Gasteiger partial charge in [0.2, 0.25) is 0 Å². The van der Waals surface area contributed by atoms with E-state index < -0.39 is 0 Å². The van der Waals surface area contributed by atoms with Crippen LogP contribution in [0.5, 0.6) is 0 Å². The molecule has 0 heterocycles. The average molecular weight is 267 g/mol. The Kier molecular flexibility index (Phi) is 2.58. The fourth-order valence-electron chi connectivity index (χ4n) is 0.893. The average Bonchev–Trinajstić information content (AvgIpc) is 1.82. The van der Waals surface area contributed by atoms with Crippen LogP contribution in [0.4, 0.5) is 0 Å². The zero-order valence-corrected chi connectivity index (χ0v) is 8.82. The van der Waals surface area contributed by atoms with Gasteiger partial charge in [0, 0.05) is 8.59 Å². The molecule has 0 aromatic heterocycles. The first-order chi connectivity index (χ1) is 4.61. The summed E-state index contributed by atoms with van der Waals surface area (Å²) in [6.45, 7) is 4.05. The van der Waals surface area contributed by atoms with Crippen LogP contribution < -0.4 is 0 Å². The molecule has 0 saturated carbocycles. The fraction of sp³-hybridized carbons (Fsp3) is 0.250. The predicted molar refractivity (Wildman–Crippen MR) is 53.6 cm³/mol. The lowest BCUT2D eigenvalue weighted by atomic mass is 10.2. The molecule has 0 nitrogen and oxygen atoms in total. The summed E-state index contributed by atoms with van der Waals surface area (Å²) in [6, 6.07) is 4.16. The molecule has 0 amide bonds. The van der Waals surface area contributed by atoms with Crippen LogP contribution >= 0.6 is 34.2 Å². The predicted octanol–water partition coefficient (Wildman–Crippen LogP) is 3.56. The molecule has 2 heteroatoms. The SMILES string of the molecule is Cc1cc(I)cc(C)c1Cl. The lowest BCUT2D eigenvalue weighted by Crippen LogP contribution is -1.82. The van der Waals surface area contributed by atoms with Gasteiger partial charge in [-0.3, -0.25) is 0 Å². The zero-order valence-electron chi connectivity index (χ0n) is 5.91. The Labute approximate surface area is 79.7 Å². The van der Waals surface area contributed by atoms with E-state index in [2.05, 4.69) is 34.7 Å². The highest BCUT2D eigenvalue weighted by Gasteiger charge is 1.99. The van der Waals surface area contributed by atoms with E-state index in [1.165, 1.54) is 3.57 Å². The molecular weight excluding hydrogens is 258 g/mol. The maximum atomic E-state index is 5.95. The van der Waals surface area contributed by atoms with Crippen LogP contribution in [0.2, 0.25) is 5.02 Å². The summed E-state index contributed by atoms with van der Waals surface area (Å²) in [5, 5.41) is 0.889. The number of benzene rings is 1. The molecule has 0 N–H and O–H groups in total. The Hall–Kier alpha value is 0.240. The van der Waals surface area contributed by atoms with Crippen LogP contribution in [0.3, 0.4) is 0 Å². The Bertz CT molecular complexity index is 232. The number of aryl methyl sites for hydroxylation is 2. The first-order valence-corrected chi connectivity index (χ1v) is 4.49. The van der Waals surface area contributed by atoms with Gasteiger partial charge < -0.3 is 0 Å². The lowest BCUT2D eigenvalue weighted by Gasteiger charge is -2.01. The summed E-state index contributed by atoms with van der Waals surface area (Å²) in [5.41, 5.74) is 2.32. The van der Waals surface area contributed by atoms with Crippen LogP contribution in [0.25, 0.3) is 0 Å². The van der Waals surface area contributed by atoms with Gasteiger partial charge in [-0.2, -0.15) is 0 Å². The number of halogens is 2. The topological polar surface area (TPSA) is 0 Å². The van der Waals surface area contributed by atoms with Crippen molar-refractivity contribution in [1.82, 2.24) is 0 Å². The minimum absolute atomic E-state index is 0.889. The second kappa shape index (κ2) is 3.09. The zero-order chi connectivity index (χ0) is 7.72. The second-order valence-electron chi connectivity index (χ2n) is 2.35. The molecule has 0 aliphatic carbocycles. The molecule has 0 unspecified atom stereocenters. The van der Waals surface area contributed by atoms with Gasteiger partial charge in [-0.25, -0.2) is 0 Å². The third kappa shape index (κ3) is 1.64. The van der Waals surface area contributed by atoms with E-state index in [0.29, 0.717) is 0 Å². The number of rotatable bonds is 0. The second-order valence-corrected chi connectivity index (χ2v) is 3.98. The minimum atomic E-state index is 0.889. The molecule has 0 radical (unpaired) electrons. The van der Waals surface area contributed by atoms with Gasteiger partial charge in [0.15, 0.2) is 0 Å². The van der Waals surface area contributed by atoms with E-state index in [-0.39, 0.29) is 0 Å². The highest BCUT2D eigenvalue weighted by molar-refractivity contribution is 14.1. The van der Waals surface area contributed by atoms with E-state index >= 15 is 0 Å². The van der Waals surface area contributed by atoms with E-state index in [9.17, 15) is 0 Å². The summed E-state index contributed by atoms with van der Waals surface area (Å²) in [5.74, 6) is 0. The quantitative estimate of drug-likeness (QED) is 0.630. The molecule has 0 bridgehead atoms. The van der Waals surface area contributed by atoms with Gasteiger partial charge in [0.1, 0.15) is 0 Å². The van der Waals surface area contributed by atoms with Gasteiger partial charge in [-0.05, 0) is 59.7 Å². The van der Waals surface area contributed by atoms with Gasteiger partial charge >= 0.3 is 0 Å². The monoisotopic (exact) mass is 266 g/mol. The summed E-state index contributed by atoms with van der Waals surface area (Å²) in [7, 11) is 0. The lowest BCUT2D eigenvalue weighted by molar-refractivity contribution is 1.36. The highest BCUT2D eigenvalue weighted by atomic mass is 127. The molecule has 0 atom stereocenters. The van der Waals surface area contributed by atoms with Gasteiger partial charge in [-0.1, -0.05) is 11.6 Å². The number of hydrogen-bond acceptors (Lipinski definition) is 0. The van der Waals surface area contributed by atoms with Gasteiger partial charge in [0.05, 0.1) is 0 Å². The Morgan fingerprint density at radius 3 is 2.00 bits per heavy atom. The van der Waals surface area contributed by atoms with E-state index in [0.717, 1.165) is 16.1 Å². The van der Waals surface area contributed by atoms with Crippen molar-refractivity contribution < 1.29 is 0 Å². The molecule has 0 aliphatic rings.